The second-order valence-corrected chi connectivity index (χ2v) is 5.91. The van der Waals surface area contributed by atoms with Gasteiger partial charge in [-0.25, -0.2) is 0 Å². The molecule has 0 bridgehead atoms. The predicted molar refractivity (Wildman–Crippen MR) is 88.9 cm³/mol. The van der Waals surface area contributed by atoms with E-state index < -0.39 is 0 Å². The van der Waals surface area contributed by atoms with E-state index in [0.717, 1.165) is 17.1 Å². The molecule has 108 valence electrons. The maximum Gasteiger partial charge on any atom is 0.119 e. The van der Waals surface area contributed by atoms with Crippen molar-refractivity contribution in [2.24, 2.45) is 5.73 Å². The summed E-state index contributed by atoms with van der Waals surface area (Å²) < 4.78 is 5.75. The number of aromatic amines is 1. The Morgan fingerprint density at radius 2 is 1.95 bits per heavy atom. The molecule has 3 nitrogen and oxygen atoms in total. The summed E-state index contributed by atoms with van der Waals surface area (Å²) in [5.41, 5.74) is 7.89. The molecular weight excluding hydrogens is 280 g/mol. The van der Waals surface area contributed by atoms with Gasteiger partial charge in [0.2, 0.25) is 0 Å². The van der Waals surface area contributed by atoms with E-state index in [-0.39, 0.29) is 0 Å². The Hall–Kier alpha value is -1.91. The van der Waals surface area contributed by atoms with Crippen LogP contribution in [0.3, 0.4) is 0 Å². The molecule has 1 heterocycles. The molecule has 0 aliphatic carbocycles. The van der Waals surface area contributed by atoms with Crippen molar-refractivity contribution >= 4 is 22.7 Å². The second kappa shape index (κ2) is 6.70. The van der Waals surface area contributed by atoms with Gasteiger partial charge in [0.1, 0.15) is 5.75 Å². The van der Waals surface area contributed by atoms with E-state index >= 15 is 0 Å². The molecule has 0 fully saturated rings. The second-order valence-electron chi connectivity index (χ2n) is 4.77. The quantitative estimate of drug-likeness (QED) is 0.537. The number of rotatable bonds is 6. The Labute approximate surface area is 128 Å². The third-order valence-electron chi connectivity index (χ3n) is 3.25. The van der Waals surface area contributed by atoms with Gasteiger partial charge in [0.15, 0.2) is 0 Å². The van der Waals surface area contributed by atoms with Gasteiger partial charge < -0.3 is 15.5 Å². The van der Waals surface area contributed by atoms with Crippen molar-refractivity contribution in [3.8, 4) is 5.75 Å². The van der Waals surface area contributed by atoms with Crippen LogP contribution in [0.15, 0.2) is 59.6 Å². The molecular formula is C17H18N2OS. The van der Waals surface area contributed by atoms with Crippen LogP contribution in [0.5, 0.6) is 5.75 Å². The molecule has 1 aromatic heterocycles. The van der Waals surface area contributed by atoms with Crippen LogP contribution in [-0.2, 0) is 6.54 Å². The minimum atomic E-state index is 0.543. The van der Waals surface area contributed by atoms with E-state index in [4.69, 9.17) is 10.5 Å². The van der Waals surface area contributed by atoms with Gasteiger partial charge in [-0.15, -0.1) is 11.8 Å². The number of benzene rings is 2. The highest BCUT2D eigenvalue weighted by Gasteiger charge is 2.01. The van der Waals surface area contributed by atoms with Crippen LogP contribution in [0, 0.1) is 0 Å². The minimum Gasteiger partial charge on any atom is -0.493 e. The first-order valence-corrected chi connectivity index (χ1v) is 7.96. The number of ether oxygens (including phenoxy) is 1. The lowest BCUT2D eigenvalue weighted by atomic mass is 10.2. The Bertz CT molecular complexity index is 690. The fraction of sp³-hybridized carbons (Fsp3) is 0.176. The highest BCUT2D eigenvalue weighted by Crippen LogP contribution is 2.23. The fourth-order valence-electron chi connectivity index (χ4n) is 2.20. The maximum absolute atomic E-state index is 5.75. The molecule has 0 aliphatic rings. The SMILES string of the molecule is NCc1cccc(OCCSc2cc3ccccc3[nH]2)c1. The number of para-hydroxylation sites is 1. The zero-order valence-electron chi connectivity index (χ0n) is 11.7. The average molecular weight is 298 g/mol. The molecule has 0 radical (unpaired) electrons. The summed E-state index contributed by atoms with van der Waals surface area (Å²) in [6.45, 7) is 1.22. The number of hydrogen-bond acceptors (Lipinski definition) is 3. The summed E-state index contributed by atoms with van der Waals surface area (Å²) in [7, 11) is 0. The number of fused-ring (bicyclic) bond motifs is 1. The first-order valence-electron chi connectivity index (χ1n) is 6.97. The fourth-order valence-corrected chi connectivity index (χ4v) is 2.98. The summed E-state index contributed by atoms with van der Waals surface area (Å²) in [5.74, 6) is 1.79. The molecule has 0 unspecified atom stereocenters. The summed E-state index contributed by atoms with van der Waals surface area (Å²) in [4.78, 5) is 3.40. The number of nitrogens with two attached hydrogens (primary N) is 1. The van der Waals surface area contributed by atoms with Crippen LogP contribution >= 0.6 is 11.8 Å². The normalized spacial score (nSPS) is 10.9. The van der Waals surface area contributed by atoms with E-state index in [0.29, 0.717) is 13.2 Å². The minimum absolute atomic E-state index is 0.543. The predicted octanol–water partition coefficient (Wildman–Crippen LogP) is 3.80. The smallest absolute Gasteiger partial charge is 0.119 e. The van der Waals surface area contributed by atoms with E-state index in [9.17, 15) is 0 Å². The van der Waals surface area contributed by atoms with Crippen LogP contribution < -0.4 is 10.5 Å². The van der Waals surface area contributed by atoms with E-state index in [2.05, 4.69) is 29.2 Å². The molecule has 3 N–H and O–H groups in total. The maximum atomic E-state index is 5.75. The lowest BCUT2D eigenvalue weighted by Gasteiger charge is -2.06. The highest BCUT2D eigenvalue weighted by molar-refractivity contribution is 7.99. The summed E-state index contributed by atoms with van der Waals surface area (Å²) in [6, 6.07) is 18.4. The van der Waals surface area contributed by atoms with Gasteiger partial charge in [-0.1, -0.05) is 30.3 Å². The van der Waals surface area contributed by atoms with Gasteiger partial charge in [0.25, 0.3) is 0 Å². The molecule has 3 rings (SSSR count). The van der Waals surface area contributed by atoms with Crippen molar-refractivity contribution in [3.05, 3.63) is 60.2 Å². The molecule has 4 heteroatoms. The number of H-pyrrole nitrogens is 1. The third-order valence-corrected chi connectivity index (χ3v) is 4.15. The molecule has 3 aromatic rings. The van der Waals surface area contributed by atoms with Crippen molar-refractivity contribution in [2.45, 2.75) is 11.6 Å². The molecule has 0 saturated heterocycles. The Kier molecular flexibility index (Phi) is 4.48. The monoisotopic (exact) mass is 298 g/mol. The Morgan fingerprint density at radius 3 is 2.81 bits per heavy atom. The standard InChI is InChI=1S/C17H18N2OS/c18-12-13-4-3-6-15(10-13)20-8-9-21-17-11-14-5-1-2-7-16(14)19-17/h1-7,10-11,19H,8-9,12,18H2. The largest absolute Gasteiger partial charge is 0.493 e. The third kappa shape index (κ3) is 3.60. The zero-order chi connectivity index (χ0) is 14.5. The number of hydrogen-bond donors (Lipinski definition) is 2. The molecule has 0 saturated carbocycles. The van der Waals surface area contributed by atoms with Gasteiger partial charge in [-0.05, 0) is 29.8 Å². The van der Waals surface area contributed by atoms with E-state index in [1.165, 1.54) is 15.9 Å². The van der Waals surface area contributed by atoms with Crippen molar-refractivity contribution in [3.63, 3.8) is 0 Å². The van der Waals surface area contributed by atoms with Gasteiger partial charge in [0.05, 0.1) is 11.6 Å². The number of aromatic nitrogens is 1. The van der Waals surface area contributed by atoms with Crippen molar-refractivity contribution in [2.75, 3.05) is 12.4 Å². The Balaban J connectivity index is 1.51. The van der Waals surface area contributed by atoms with Gasteiger partial charge in [0, 0.05) is 23.2 Å². The van der Waals surface area contributed by atoms with Crippen molar-refractivity contribution < 1.29 is 4.74 Å². The topological polar surface area (TPSA) is 51.0 Å². The molecule has 2 aromatic carbocycles. The number of nitrogens with one attached hydrogen (secondary N) is 1. The van der Waals surface area contributed by atoms with Crippen molar-refractivity contribution in [1.29, 1.82) is 0 Å². The van der Waals surface area contributed by atoms with Crippen LogP contribution in [0.4, 0.5) is 0 Å². The molecule has 0 amide bonds. The summed E-state index contributed by atoms with van der Waals surface area (Å²) in [6.07, 6.45) is 0. The van der Waals surface area contributed by atoms with Crippen LogP contribution in [-0.4, -0.2) is 17.3 Å². The van der Waals surface area contributed by atoms with Crippen LogP contribution in [0.2, 0.25) is 0 Å². The van der Waals surface area contributed by atoms with Gasteiger partial charge in [-0.3, -0.25) is 0 Å². The molecule has 0 spiro atoms. The summed E-state index contributed by atoms with van der Waals surface area (Å²) in [5, 5.41) is 2.42. The van der Waals surface area contributed by atoms with Crippen LogP contribution in [0.25, 0.3) is 10.9 Å². The van der Waals surface area contributed by atoms with E-state index in [1.807, 2.05) is 30.3 Å². The first kappa shape index (κ1) is 14.0. The van der Waals surface area contributed by atoms with Gasteiger partial charge >= 0.3 is 0 Å². The van der Waals surface area contributed by atoms with Crippen molar-refractivity contribution in [1.82, 2.24) is 4.98 Å². The highest BCUT2D eigenvalue weighted by atomic mass is 32.2. The molecule has 21 heavy (non-hydrogen) atoms. The van der Waals surface area contributed by atoms with Crippen LogP contribution in [0.1, 0.15) is 5.56 Å². The lowest BCUT2D eigenvalue weighted by molar-refractivity contribution is 0.343. The van der Waals surface area contributed by atoms with Gasteiger partial charge in [-0.2, -0.15) is 0 Å². The zero-order valence-corrected chi connectivity index (χ0v) is 12.5. The lowest BCUT2D eigenvalue weighted by Crippen LogP contribution is -2.01. The molecule has 0 aliphatic heterocycles. The first-order chi connectivity index (χ1) is 10.3. The number of thioether (sulfide) groups is 1. The van der Waals surface area contributed by atoms with E-state index in [1.54, 1.807) is 11.8 Å². The average Bonchev–Trinajstić information content (AvgIpc) is 2.94. The molecule has 0 atom stereocenters. The Morgan fingerprint density at radius 1 is 1.05 bits per heavy atom. The summed E-state index contributed by atoms with van der Waals surface area (Å²) >= 11 is 1.77.